The number of pyridine rings is 1. The summed E-state index contributed by atoms with van der Waals surface area (Å²) in [6.45, 7) is 2.14. The number of halogens is 1. The fraction of sp³-hybridized carbons (Fsp3) is 0.348. The minimum atomic E-state index is -0.668. The van der Waals surface area contributed by atoms with Crippen LogP contribution >= 0.6 is 0 Å². The predicted molar refractivity (Wildman–Crippen MR) is 104 cm³/mol. The Bertz CT molecular complexity index is 1000. The number of ketones is 1. The highest BCUT2D eigenvalue weighted by Crippen LogP contribution is 2.48. The van der Waals surface area contributed by atoms with Crippen LogP contribution in [0.2, 0.25) is 0 Å². The summed E-state index contributed by atoms with van der Waals surface area (Å²) in [5.74, 6) is 0.0160. The van der Waals surface area contributed by atoms with Gasteiger partial charge >= 0.3 is 0 Å². The third-order valence-electron chi connectivity index (χ3n) is 6.19. The van der Waals surface area contributed by atoms with Gasteiger partial charge in [-0.1, -0.05) is 25.1 Å². The first kappa shape index (κ1) is 18.0. The van der Waals surface area contributed by atoms with Crippen LogP contribution in [0, 0.1) is 17.7 Å². The number of hydrogen-bond donors (Lipinski definition) is 0. The Kier molecular flexibility index (Phi) is 4.23. The first-order chi connectivity index (χ1) is 14.0. The van der Waals surface area contributed by atoms with Crippen LogP contribution in [0.15, 0.2) is 60.0 Å². The fourth-order valence-electron chi connectivity index (χ4n) is 4.77. The van der Waals surface area contributed by atoms with E-state index in [1.54, 1.807) is 36.5 Å². The Morgan fingerprint density at radius 2 is 1.90 bits per heavy atom. The monoisotopic (exact) mass is 392 g/mol. The van der Waals surface area contributed by atoms with Crippen LogP contribution in [0.25, 0.3) is 0 Å². The van der Waals surface area contributed by atoms with Crippen LogP contribution in [0.5, 0.6) is 0 Å². The summed E-state index contributed by atoms with van der Waals surface area (Å²) in [6, 6.07) is 10.5. The molecule has 4 atom stereocenters. The number of benzene rings is 1. The smallest absolute Gasteiger partial charge is 0.295 e. The number of carbonyl (C=O) groups is 2. The van der Waals surface area contributed by atoms with E-state index < -0.39 is 6.04 Å². The topological polar surface area (TPSA) is 59.5 Å². The maximum atomic E-state index is 13.5. The highest BCUT2D eigenvalue weighted by atomic mass is 19.1. The van der Waals surface area contributed by atoms with Crippen molar-refractivity contribution in [2.75, 3.05) is 4.90 Å². The van der Waals surface area contributed by atoms with E-state index in [9.17, 15) is 14.0 Å². The molecule has 2 aliphatic heterocycles. The number of aromatic nitrogens is 1. The van der Waals surface area contributed by atoms with Crippen LogP contribution in [0.4, 0.5) is 10.2 Å². The van der Waals surface area contributed by atoms with Crippen molar-refractivity contribution in [3.63, 3.8) is 0 Å². The molecule has 0 bridgehead atoms. The van der Waals surface area contributed by atoms with E-state index in [1.807, 2.05) is 0 Å². The van der Waals surface area contributed by atoms with Gasteiger partial charge in [-0.2, -0.15) is 0 Å². The number of ether oxygens (including phenoxy) is 1. The Labute approximate surface area is 168 Å². The van der Waals surface area contributed by atoms with E-state index in [4.69, 9.17) is 4.74 Å². The Balaban J connectivity index is 1.64. The molecule has 5 rings (SSSR count). The van der Waals surface area contributed by atoms with Gasteiger partial charge in [0.2, 0.25) is 0 Å². The second-order valence-electron chi connectivity index (χ2n) is 8.11. The van der Waals surface area contributed by atoms with E-state index >= 15 is 0 Å². The highest BCUT2D eigenvalue weighted by Gasteiger charge is 2.53. The molecular formula is C23H21FN2O3. The molecule has 3 aliphatic rings. The summed E-state index contributed by atoms with van der Waals surface area (Å²) >= 11 is 0. The standard InChI is InChI=1S/C23H21FN2O3/c1-13-5-10-17-16(12-13)21(27)19-20(14-6-8-15(24)9-7-14)26(23(28)22(19)29-17)18-4-2-3-11-25-18/h2-4,6-9,11,13,16-17,20H,5,10,12H2,1H3. The summed E-state index contributed by atoms with van der Waals surface area (Å²) in [5.41, 5.74) is 1.04. The molecule has 1 aromatic heterocycles. The van der Waals surface area contributed by atoms with Crippen LogP contribution < -0.4 is 4.90 Å². The van der Waals surface area contributed by atoms with E-state index in [0.717, 1.165) is 19.3 Å². The van der Waals surface area contributed by atoms with Gasteiger partial charge in [-0.25, -0.2) is 9.37 Å². The number of anilines is 1. The zero-order chi connectivity index (χ0) is 20.1. The number of rotatable bonds is 2. The van der Waals surface area contributed by atoms with E-state index in [1.165, 1.54) is 17.0 Å². The van der Waals surface area contributed by atoms with Crippen LogP contribution in [-0.2, 0) is 14.3 Å². The Morgan fingerprint density at radius 3 is 2.62 bits per heavy atom. The number of Topliss-reactive ketones (excluding diaryl/α,β-unsaturated/α-hetero) is 1. The summed E-state index contributed by atoms with van der Waals surface area (Å²) in [7, 11) is 0. The van der Waals surface area contributed by atoms with Gasteiger partial charge in [0.1, 0.15) is 17.7 Å². The average molecular weight is 392 g/mol. The Hall–Kier alpha value is -3.02. The molecule has 0 radical (unpaired) electrons. The lowest BCUT2D eigenvalue weighted by molar-refractivity contribution is -0.132. The maximum absolute atomic E-state index is 13.5. The molecule has 0 N–H and O–H groups in total. The minimum Gasteiger partial charge on any atom is -0.483 e. The number of hydrogen-bond acceptors (Lipinski definition) is 4. The second kappa shape index (κ2) is 6.79. The summed E-state index contributed by atoms with van der Waals surface area (Å²) in [4.78, 5) is 32.7. The fourth-order valence-corrected chi connectivity index (χ4v) is 4.77. The lowest BCUT2D eigenvalue weighted by Crippen LogP contribution is -2.41. The van der Waals surface area contributed by atoms with Gasteiger partial charge in [0, 0.05) is 6.20 Å². The molecule has 3 heterocycles. The van der Waals surface area contributed by atoms with Gasteiger partial charge in [-0.05, 0) is 55.0 Å². The third kappa shape index (κ3) is 2.85. The molecule has 1 amide bonds. The van der Waals surface area contributed by atoms with Gasteiger partial charge in [0.25, 0.3) is 5.91 Å². The van der Waals surface area contributed by atoms with Gasteiger partial charge in [0.15, 0.2) is 11.5 Å². The van der Waals surface area contributed by atoms with Crippen molar-refractivity contribution in [3.8, 4) is 0 Å². The van der Waals surface area contributed by atoms with Gasteiger partial charge in [0.05, 0.1) is 17.5 Å². The zero-order valence-electron chi connectivity index (χ0n) is 16.0. The largest absolute Gasteiger partial charge is 0.483 e. The third-order valence-corrected chi connectivity index (χ3v) is 6.19. The summed E-state index contributed by atoms with van der Waals surface area (Å²) < 4.78 is 19.7. The lowest BCUT2D eigenvalue weighted by atomic mass is 9.74. The Morgan fingerprint density at radius 1 is 1.10 bits per heavy atom. The molecule has 148 valence electrons. The lowest BCUT2D eigenvalue weighted by Gasteiger charge is -2.37. The quantitative estimate of drug-likeness (QED) is 0.776. The number of fused-ring (bicyclic) bond motifs is 1. The molecule has 0 saturated heterocycles. The van der Waals surface area contributed by atoms with E-state index in [0.29, 0.717) is 22.9 Å². The molecule has 5 nitrogen and oxygen atoms in total. The van der Waals surface area contributed by atoms with Crippen molar-refractivity contribution in [1.29, 1.82) is 0 Å². The van der Waals surface area contributed by atoms with Crippen molar-refractivity contribution in [2.45, 2.75) is 38.3 Å². The van der Waals surface area contributed by atoms with Crippen molar-refractivity contribution < 1.29 is 18.7 Å². The van der Waals surface area contributed by atoms with Crippen LogP contribution in [-0.4, -0.2) is 22.8 Å². The van der Waals surface area contributed by atoms with Gasteiger partial charge in [-0.3, -0.25) is 14.5 Å². The molecule has 29 heavy (non-hydrogen) atoms. The first-order valence-electron chi connectivity index (χ1n) is 9.99. The number of carbonyl (C=O) groups excluding carboxylic acids is 2. The predicted octanol–water partition coefficient (Wildman–Crippen LogP) is 3.97. The summed E-state index contributed by atoms with van der Waals surface area (Å²) in [6.07, 6.45) is 3.86. The number of amides is 1. The van der Waals surface area contributed by atoms with Gasteiger partial charge < -0.3 is 4.74 Å². The van der Waals surface area contributed by atoms with Gasteiger partial charge in [-0.15, -0.1) is 0 Å². The number of nitrogens with zero attached hydrogens (tertiary/aromatic N) is 2. The van der Waals surface area contributed by atoms with Crippen molar-refractivity contribution in [2.24, 2.45) is 11.8 Å². The average Bonchev–Trinajstić information content (AvgIpc) is 3.03. The van der Waals surface area contributed by atoms with Crippen molar-refractivity contribution >= 4 is 17.5 Å². The molecule has 1 aromatic carbocycles. The molecule has 2 aromatic rings. The molecule has 6 heteroatoms. The molecule has 1 saturated carbocycles. The maximum Gasteiger partial charge on any atom is 0.295 e. The molecule has 1 fully saturated rings. The van der Waals surface area contributed by atoms with E-state index in [2.05, 4.69) is 11.9 Å². The molecule has 4 unspecified atom stereocenters. The normalized spacial score (nSPS) is 28.8. The molecular weight excluding hydrogens is 371 g/mol. The van der Waals surface area contributed by atoms with Crippen LogP contribution in [0.3, 0.4) is 0 Å². The SMILES string of the molecule is CC1CCC2OC3=C(C(=O)C2C1)C(c1ccc(F)cc1)N(c1ccccn1)C3=O. The van der Waals surface area contributed by atoms with Crippen LogP contribution in [0.1, 0.15) is 37.8 Å². The molecule has 0 spiro atoms. The molecule has 1 aliphatic carbocycles. The minimum absolute atomic E-state index is 0.0242. The summed E-state index contributed by atoms with van der Waals surface area (Å²) in [5, 5.41) is 0. The van der Waals surface area contributed by atoms with E-state index in [-0.39, 0.29) is 35.3 Å². The first-order valence-corrected chi connectivity index (χ1v) is 9.99. The van der Waals surface area contributed by atoms with Crippen molar-refractivity contribution in [3.05, 3.63) is 71.4 Å². The van der Waals surface area contributed by atoms with Crippen molar-refractivity contribution in [1.82, 2.24) is 4.98 Å². The second-order valence-corrected chi connectivity index (χ2v) is 8.11. The highest BCUT2D eigenvalue weighted by molar-refractivity contribution is 6.17. The zero-order valence-corrected chi connectivity index (χ0v) is 16.0.